The molecule has 0 saturated carbocycles. The van der Waals surface area contributed by atoms with Crippen LogP contribution in [0.4, 0.5) is 0 Å². The molecule has 0 spiro atoms. The predicted octanol–water partition coefficient (Wildman–Crippen LogP) is -3.94. The number of rotatable bonds is 9. The highest BCUT2D eigenvalue weighted by Gasteiger charge is 2.53. The maximum atomic E-state index is 11.8. The third-order valence-corrected chi connectivity index (χ3v) is 6.89. The smallest absolute Gasteiger partial charge is 0.217 e. The minimum absolute atomic E-state index is 0.220. The number of hydrogen-bond donors (Lipinski definition) is 8. The molecule has 15 nitrogen and oxygen atoms in total. The third kappa shape index (κ3) is 6.80. The quantitative estimate of drug-likeness (QED) is 0.136. The van der Waals surface area contributed by atoms with Crippen LogP contribution in [0.2, 0.25) is 0 Å². The Balaban J connectivity index is 1.92. The summed E-state index contributed by atoms with van der Waals surface area (Å²) in [5.74, 6) is -0.570. The van der Waals surface area contributed by atoms with Gasteiger partial charge in [-0.2, -0.15) is 0 Å². The summed E-state index contributed by atoms with van der Waals surface area (Å²) in [6.45, 7) is 5.60. The van der Waals surface area contributed by atoms with Gasteiger partial charge in [0.2, 0.25) is 5.91 Å². The maximum Gasteiger partial charge on any atom is 0.217 e. The van der Waals surface area contributed by atoms with Crippen molar-refractivity contribution >= 4 is 5.91 Å². The van der Waals surface area contributed by atoms with Gasteiger partial charge in [0.1, 0.15) is 61.0 Å². The molecule has 3 rings (SSSR count). The number of carbonyl (C=O) groups excluding carboxylic acids is 1. The molecule has 0 radical (unpaired) electrons. The molecule has 15 heteroatoms. The number of aliphatic hydroxyl groups is 7. The Labute approximate surface area is 220 Å². The maximum absolute atomic E-state index is 11.8. The SMILES string of the molecule is CCCO[C@@H]1O[C@@H](C)[C@H](O)[C@@H](O[C@@H]2O[C@H](CO)[C@@H](O)[C@H](O)[C@H]2NC(C)=O)[C@H]1O[C@@H]1O[C@@H](C)[C@H](O)[C@@H](O)[C@H]1O. The van der Waals surface area contributed by atoms with Crippen LogP contribution in [-0.2, 0) is 33.2 Å². The zero-order chi connectivity index (χ0) is 28.3. The second-order valence-corrected chi connectivity index (χ2v) is 9.89. The molecule has 3 saturated heterocycles. The van der Waals surface area contributed by atoms with E-state index in [-0.39, 0.29) is 6.61 Å². The van der Waals surface area contributed by atoms with Gasteiger partial charge in [-0.25, -0.2) is 0 Å². The Morgan fingerprint density at radius 2 is 1.37 bits per heavy atom. The van der Waals surface area contributed by atoms with Crippen LogP contribution in [0.5, 0.6) is 0 Å². The predicted molar refractivity (Wildman–Crippen MR) is 124 cm³/mol. The van der Waals surface area contributed by atoms with Crippen molar-refractivity contribution in [2.45, 2.75) is 126 Å². The molecule has 0 bridgehead atoms. The summed E-state index contributed by atoms with van der Waals surface area (Å²) < 4.78 is 34.8. The van der Waals surface area contributed by atoms with Gasteiger partial charge in [0, 0.05) is 13.5 Å². The number of amides is 1. The number of hydrogen-bond acceptors (Lipinski definition) is 14. The monoisotopic (exact) mass is 555 g/mol. The fourth-order valence-electron chi connectivity index (χ4n) is 4.68. The first-order chi connectivity index (χ1) is 17.9. The molecule has 0 aromatic carbocycles. The summed E-state index contributed by atoms with van der Waals surface area (Å²) in [5, 5.41) is 74.8. The fourth-order valence-corrected chi connectivity index (χ4v) is 4.68. The van der Waals surface area contributed by atoms with E-state index in [2.05, 4.69) is 5.32 Å². The van der Waals surface area contributed by atoms with E-state index < -0.39 is 105 Å². The van der Waals surface area contributed by atoms with E-state index in [0.29, 0.717) is 6.42 Å². The van der Waals surface area contributed by atoms with Crippen LogP contribution in [-0.4, -0.2) is 147 Å². The van der Waals surface area contributed by atoms with Crippen LogP contribution < -0.4 is 5.32 Å². The van der Waals surface area contributed by atoms with E-state index in [9.17, 15) is 40.5 Å². The van der Waals surface area contributed by atoms with Crippen molar-refractivity contribution in [1.29, 1.82) is 0 Å². The molecule has 222 valence electrons. The van der Waals surface area contributed by atoms with Crippen LogP contribution >= 0.6 is 0 Å². The minimum atomic E-state index is -1.68. The highest BCUT2D eigenvalue weighted by Crippen LogP contribution is 2.33. The van der Waals surface area contributed by atoms with Gasteiger partial charge in [-0.15, -0.1) is 0 Å². The standard InChI is InChI=1S/C23H41NO14/c1-5-6-33-23-20(38-22-18(32)17(31)13(27)8(2)34-22)19(14(28)9(3)35-23)37-21-12(24-10(4)26)16(30)15(29)11(7-25)36-21/h8-9,11-23,25,27-32H,5-7H2,1-4H3,(H,24,26)/t8-,9-,11+,12+,13-,14-,15+,16+,17+,18+,19+,20+,21-,22-,23+/m0/s1. The summed E-state index contributed by atoms with van der Waals surface area (Å²) >= 11 is 0. The molecule has 15 atom stereocenters. The topological polar surface area (TPSA) is 226 Å². The highest BCUT2D eigenvalue weighted by molar-refractivity contribution is 5.73. The molecular formula is C23H41NO14. The second kappa shape index (κ2) is 13.5. The number of nitrogens with one attached hydrogen (secondary N) is 1. The molecule has 38 heavy (non-hydrogen) atoms. The number of aliphatic hydroxyl groups excluding tert-OH is 7. The minimum Gasteiger partial charge on any atom is -0.394 e. The second-order valence-electron chi connectivity index (χ2n) is 9.89. The van der Waals surface area contributed by atoms with E-state index in [1.807, 2.05) is 6.92 Å². The van der Waals surface area contributed by atoms with E-state index in [1.165, 1.54) is 13.8 Å². The molecule has 1 amide bonds. The molecule has 0 aliphatic carbocycles. The van der Waals surface area contributed by atoms with Gasteiger partial charge in [-0.05, 0) is 20.3 Å². The van der Waals surface area contributed by atoms with Crippen molar-refractivity contribution in [3.05, 3.63) is 0 Å². The van der Waals surface area contributed by atoms with Crippen LogP contribution in [0.3, 0.4) is 0 Å². The number of ether oxygens (including phenoxy) is 6. The Kier molecular flexibility index (Phi) is 11.2. The Bertz CT molecular complexity index is 762. The lowest BCUT2D eigenvalue weighted by Gasteiger charge is -2.49. The Hall–Kier alpha value is -1.05. The van der Waals surface area contributed by atoms with Crippen molar-refractivity contribution in [2.75, 3.05) is 13.2 Å². The molecule has 8 N–H and O–H groups in total. The van der Waals surface area contributed by atoms with Crippen LogP contribution in [0.1, 0.15) is 34.1 Å². The van der Waals surface area contributed by atoms with Crippen molar-refractivity contribution < 1.29 is 69.0 Å². The normalized spacial score (nSPS) is 48.0. The van der Waals surface area contributed by atoms with Crippen LogP contribution in [0.15, 0.2) is 0 Å². The molecule has 3 aliphatic heterocycles. The van der Waals surface area contributed by atoms with Crippen molar-refractivity contribution in [3.8, 4) is 0 Å². The first kappa shape index (κ1) is 31.5. The fraction of sp³-hybridized carbons (Fsp3) is 0.957. The van der Waals surface area contributed by atoms with E-state index in [1.54, 1.807) is 6.92 Å². The van der Waals surface area contributed by atoms with Crippen molar-refractivity contribution in [2.24, 2.45) is 0 Å². The molecule has 0 aromatic rings. The molecular weight excluding hydrogens is 514 g/mol. The van der Waals surface area contributed by atoms with Crippen LogP contribution in [0, 0.1) is 0 Å². The summed E-state index contributed by atoms with van der Waals surface area (Å²) in [7, 11) is 0. The number of carbonyl (C=O) groups is 1. The van der Waals surface area contributed by atoms with Gasteiger partial charge in [0.25, 0.3) is 0 Å². The van der Waals surface area contributed by atoms with Crippen molar-refractivity contribution in [1.82, 2.24) is 5.32 Å². The average Bonchev–Trinajstić information content (AvgIpc) is 2.88. The van der Waals surface area contributed by atoms with Gasteiger partial charge in [0.15, 0.2) is 18.9 Å². The van der Waals surface area contributed by atoms with Crippen LogP contribution in [0.25, 0.3) is 0 Å². The van der Waals surface area contributed by atoms with Gasteiger partial charge < -0.3 is 69.5 Å². The first-order valence-electron chi connectivity index (χ1n) is 12.8. The van der Waals surface area contributed by atoms with E-state index in [4.69, 9.17) is 28.4 Å². The highest BCUT2D eigenvalue weighted by atomic mass is 16.8. The molecule has 3 aliphatic rings. The Morgan fingerprint density at radius 3 is 1.97 bits per heavy atom. The molecule has 3 heterocycles. The average molecular weight is 556 g/mol. The van der Waals surface area contributed by atoms with Gasteiger partial charge >= 0.3 is 0 Å². The zero-order valence-electron chi connectivity index (χ0n) is 21.8. The summed E-state index contributed by atoms with van der Waals surface area (Å²) in [4.78, 5) is 11.8. The summed E-state index contributed by atoms with van der Waals surface area (Å²) in [6, 6.07) is -1.31. The largest absolute Gasteiger partial charge is 0.394 e. The van der Waals surface area contributed by atoms with Gasteiger partial charge in [0.05, 0.1) is 18.8 Å². The first-order valence-corrected chi connectivity index (χ1v) is 12.8. The van der Waals surface area contributed by atoms with Gasteiger partial charge in [-0.1, -0.05) is 6.92 Å². The Morgan fingerprint density at radius 1 is 0.763 bits per heavy atom. The summed E-state index contributed by atoms with van der Waals surface area (Å²) in [5.41, 5.74) is 0. The lowest BCUT2D eigenvalue weighted by Crippen LogP contribution is -2.68. The zero-order valence-corrected chi connectivity index (χ0v) is 21.8. The molecule has 0 unspecified atom stereocenters. The molecule has 0 aromatic heterocycles. The van der Waals surface area contributed by atoms with E-state index in [0.717, 1.165) is 0 Å². The summed E-state index contributed by atoms with van der Waals surface area (Å²) in [6.07, 6.45) is -18.5. The third-order valence-electron chi connectivity index (χ3n) is 6.89. The van der Waals surface area contributed by atoms with Gasteiger partial charge in [-0.3, -0.25) is 4.79 Å². The lowest BCUT2D eigenvalue weighted by atomic mass is 9.95. The molecule has 3 fully saturated rings. The van der Waals surface area contributed by atoms with E-state index >= 15 is 0 Å². The lowest BCUT2D eigenvalue weighted by molar-refractivity contribution is -0.382. The van der Waals surface area contributed by atoms with Crippen molar-refractivity contribution in [3.63, 3.8) is 0 Å².